The third-order valence-electron chi connectivity index (χ3n) is 2.83. The van der Waals surface area contributed by atoms with Crippen molar-refractivity contribution in [1.82, 2.24) is 4.72 Å². The van der Waals surface area contributed by atoms with E-state index in [4.69, 9.17) is 11.5 Å². The van der Waals surface area contributed by atoms with E-state index in [1.54, 1.807) is 13.0 Å². The molecule has 1 rings (SSSR count). The number of hydrogen-bond acceptors (Lipinski definition) is 5. The fraction of sp³-hybridized carbons (Fsp3) is 0.462. The van der Waals surface area contributed by atoms with Crippen LogP contribution in [0.1, 0.15) is 26.2 Å². The Bertz CT molecular complexity index is 587. The lowest BCUT2D eigenvalue weighted by atomic mass is 10.2. The predicted molar refractivity (Wildman–Crippen MR) is 83.3 cm³/mol. The highest BCUT2D eigenvalue weighted by Crippen LogP contribution is 2.22. The molecule has 0 heterocycles. The van der Waals surface area contributed by atoms with E-state index >= 15 is 0 Å². The van der Waals surface area contributed by atoms with Crippen molar-refractivity contribution < 1.29 is 13.2 Å². The second kappa shape index (κ2) is 7.84. The number of hydrogen-bond donors (Lipinski definition) is 4. The van der Waals surface area contributed by atoms with E-state index in [1.165, 1.54) is 12.1 Å². The second-order valence-electron chi connectivity index (χ2n) is 4.60. The van der Waals surface area contributed by atoms with Gasteiger partial charge in [-0.2, -0.15) is 0 Å². The molecule has 0 bridgehead atoms. The Morgan fingerprint density at radius 2 is 2.00 bits per heavy atom. The van der Waals surface area contributed by atoms with Crippen LogP contribution in [0.15, 0.2) is 23.1 Å². The first-order chi connectivity index (χ1) is 9.86. The first-order valence-electron chi connectivity index (χ1n) is 6.78. The zero-order valence-corrected chi connectivity index (χ0v) is 12.9. The average Bonchev–Trinajstić information content (AvgIpc) is 2.39. The number of nitrogen functional groups attached to an aromatic ring is 1. The number of amides is 1. The van der Waals surface area contributed by atoms with Crippen LogP contribution in [0.25, 0.3) is 0 Å². The van der Waals surface area contributed by atoms with Crippen LogP contribution in [0, 0.1) is 0 Å². The van der Waals surface area contributed by atoms with E-state index < -0.39 is 10.0 Å². The van der Waals surface area contributed by atoms with Crippen LogP contribution in [0.5, 0.6) is 0 Å². The van der Waals surface area contributed by atoms with Gasteiger partial charge in [0, 0.05) is 19.5 Å². The number of nitrogens with one attached hydrogen (secondary N) is 2. The number of unbranched alkanes of at least 4 members (excludes halogenated alkanes) is 1. The monoisotopic (exact) mass is 314 g/mol. The molecular formula is C13H22N4O3S. The number of benzene rings is 1. The van der Waals surface area contributed by atoms with Crippen molar-refractivity contribution in [2.75, 3.05) is 24.1 Å². The number of carbonyl (C=O) groups is 1. The minimum atomic E-state index is -3.50. The molecule has 1 amide bonds. The van der Waals surface area contributed by atoms with Crippen molar-refractivity contribution in [1.29, 1.82) is 0 Å². The van der Waals surface area contributed by atoms with E-state index in [9.17, 15) is 13.2 Å². The maximum Gasteiger partial charge on any atom is 0.240 e. The van der Waals surface area contributed by atoms with Crippen molar-refractivity contribution in [3.8, 4) is 0 Å². The molecule has 7 nitrogen and oxygen atoms in total. The summed E-state index contributed by atoms with van der Waals surface area (Å²) in [6, 6.07) is 4.52. The largest absolute Gasteiger partial charge is 0.397 e. The van der Waals surface area contributed by atoms with Gasteiger partial charge in [0.25, 0.3) is 0 Å². The minimum absolute atomic E-state index is 0.165. The summed E-state index contributed by atoms with van der Waals surface area (Å²) in [4.78, 5) is 10.8. The summed E-state index contributed by atoms with van der Waals surface area (Å²) in [5, 5.41) is 3.07. The Morgan fingerprint density at radius 3 is 2.62 bits per heavy atom. The zero-order valence-electron chi connectivity index (χ0n) is 12.1. The average molecular weight is 314 g/mol. The quantitative estimate of drug-likeness (QED) is 0.393. The summed E-state index contributed by atoms with van der Waals surface area (Å²) < 4.78 is 26.3. The normalized spacial score (nSPS) is 11.3. The molecule has 0 aromatic heterocycles. The zero-order chi connectivity index (χ0) is 15.9. The SMILES string of the molecule is CCNS(=O)(=O)c1ccc(N)c(NCCCCC(N)=O)c1. The van der Waals surface area contributed by atoms with Crippen molar-refractivity contribution in [3.63, 3.8) is 0 Å². The molecule has 21 heavy (non-hydrogen) atoms. The predicted octanol–water partition coefficient (Wildman–Crippen LogP) is 0.635. The van der Waals surface area contributed by atoms with Gasteiger partial charge in [-0.15, -0.1) is 0 Å². The van der Waals surface area contributed by atoms with Crippen LogP contribution in [-0.2, 0) is 14.8 Å². The molecule has 0 radical (unpaired) electrons. The summed E-state index contributed by atoms with van der Waals surface area (Å²) in [5.41, 5.74) is 11.9. The summed E-state index contributed by atoms with van der Waals surface area (Å²) in [7, 11) is -3.50. The molecule has 0 aliphatic carbocycles. The minimum Gasteiger partial charge on any atom is -0.397 e. The Morgan fingerprint density at radius 1 is 1.29 bits per heavy atom. The molecule has 0 spiro atoms. The molecule has 6 N–H and O–H groups in total. The molecule has 0 saturated carbocycles. The van der Waals surface area contributed by atoms with Crippen LogP contribution in [-0.4, -0.2) is 27.4 Å². The number of primary amides is 1. The third kappa shape index (κ3) is 5.60. The maximum absolute atomic E-state index is 11.9. The molecule has 0 aliphatic heterocycles. The molecule has 0 unspecified atom stereocenters. The summed E-state index contributed by atoms with van der Waals surface area (Å²) in [5.74, 6) is -0.326. The molecule has 0 aliphatic rings. The maximum atomic E-state index is 11.9. The molecule has 1 aromatic carbocycles. The number of rotatable bonds is 9. The fourth-order valence-corrected chi connectivity index (χ4v) is 2.84. The Labute approximate surface area is 125 Å². The highest BCUT2D eigenvalue weighted by atomic mass is 32.2. The second-order valence-corrected chi connectivity index (χ2v) is 6.37. The molecule has 8 heteroatoms. The van der Waals surface area contributed by atoms with Gasteiger partial charge in [0.15, 0.2) is 0 Å². The van der Waals surface area contributed by atoms with E-state index in [-0.39, 0.29) is 10.8 Å². The van der Waals surface area contributed by atoms with Crippen molar-refractivity contribution >= 4 is 27.3 Å². The highest BCUT2D eigenvalue weighted by molar-refractivity contribution is 7.89. The van der Waals surface area contributed by atoms with E-state index in [1.807, 2.05) is 0 Å². The summed E-state index contributed by atoms with van der Waals surface area (Å²) in [6.45, 7) is 2.62. The van der Waals surface area contributed by atoms with Crippen LogP contribution in [0.3, 0.4) is 0 Å². The molecular weight excluding hydrogens is 292 g/mol. The number of nitrogens with two attached hydrogens (primary N) is 2. The first-order valence-corrected chi connectivity index (χ1v) is 8.26. The van der Waals surface area contributed by atoms with Gasteiger partial charge in [-0.1, -0.05) is 6.92 Å². The lowest BCUT2D eigenvalue weighted by Crippen LogP contribution is -2.23. The van der Waals surface area contributed by atoms with Gasteiger partial charge >= 0.3 is 0 Å². The van der Waals surface area contributed by atoms with E-state index in [2.05, 4.69) is 10.0 Å². The number of anilines is 2. The molecule has 1 aromatic rings. The van der Waals surface area contributed by atoms with Crippen LogP contribution in [0.2, 0.25) is 0 Å². The molecule has 0 saturated heterocycles. The van der Waals surface area contributed by atoms with Gasteiger partial charge in [-0.05, 0) is 31.0 Å². The van der Waals surface area contributed by atoms with Gasteiger partial charge in [-0.3, -0.25) is 4.79 Å². The van der Waals surface area contributed by atoms with Crippen LogP contribution in [0.4, 0.5) is 11.4 Å². The summed E-state index contributed by atoms with van der Waals surface area (Å²) >= 11 is 0. The Balaban J connectivity index is 2.68. The third-order valence-corrected chi connectivity index (χ3v) is 4.38. The lowest BCUT2D eigenvalue weighted by molar-refractivity contribution is -0.118. The van der Waals surface area contributed by atoms with Gasteiger partial charge in [0.2, 0.25) is 15.9 Å². The van der Waals surface area contributed by atoms with Crippen molar-refractivity contribution in [2.45, 2.75) is 31.1 Å². The van der Waals surface area contributed by atoms with Gasteiger partial charge in [-0.25, -0.2) is 13.1 Å². The number of carbonyl (C=O) groups excluding carboxylic acids is 1. The van der Waals surface area contributed by atoms with E-state index in [0.29, 0.717) is 37.3 Å². The van der Waals surface area contributed by atoms with Crippen LogP contribution >= 0.6 is 0 Å². The first kappa shape index (κ1) is 17.3. The van der Waals surface area contributed by atoms with Crippen molar-refractivity contribution in [2.24, 2.45) is 5.73 Å². The fourth-order valence-electron chi connectivity index (χ4n) is 1.78. The van der Waals surface area contributed by atoms with E-state index in [0.717, 1.165) is 6.42 Å². The van der Waals surface area contributed by atoms with Crippen molar-refractivity contribution in [3.05, 3.63) is 18.2 Å². The van der Waals surface area contributed by atoms with Gasteiger partial charge in [0.1, 0.15) is 0 Å². The molecule has 0 fully saturated rings. The Kier molecular flexibility index (Phi) is 6.44. The smallest absolute Gasteiger partial charge is 0.240 e. The standard InChI is InChI=1S/C13H22N4O3S/c1-2-17-21(19,20)10-6-7-11(14)12(9-10)16-8-4-3-5-13(15)18/h6-7,9,16-17H,2-5,8,14H2,1H3,(H2,15,18). The van der Waals surface area contributed by atoms with Gasteiger partial charge < -0.3 is 16.8 Å². The Hall–Kier alpha value is -1.80. The van der Waals surface area contributed by atoms with Gasteiger partial charge in [0.05, 0.1) is 16.3 Å². The number of sulfonamides is 1. The van der Waals surface area contributed by atoms with Crippen LogP contribution < -0.4 is 21.5 Å². The highest BCUT2D eigenvalue weighted by Gasteiger charge is 2.14. The molecule has 0 atom stereocenters. The summed E-state index contributed by atoms with van der Waals surface area (Å²) in [6.07, 6.45) is 1.76. The topological polar surface area (TPSA) is 127 Å². The lowest BCUT2D eigenvalue weighted by Gasteiger charge is -2.11. The molecule has 118 valence electrons.